The van der Waals surface area contributed by atoms with Gasteiger partial charge in [0.2, 0.25) is 0 Å². The quantitative estimate of drug-likeness (QED) is 0.841. The van der Waals surface area contributed by atoms with Crippen molar-refractivity contribution < 1.29 is 14.6 Å². The van der Waals surface area contributed by atoms with Gasteiger partial charge in [0.25, 0.3) is 0 Å². The first-order valence-electron chi connectivity index (χ1n) is 5.53. The van der Waals surface area contributed by atoms with E-state index in [1.807, 2.05) is 19.1 Å². The Morgan fingerprint density at radius 1 is 1.39 bits per heavy atom. The van der Waals surface area contributed by atoms with Gasteiger partial charge in [-0.05, 0) is 24.6 Å². The van der Waals surface area contributed by atoms with Crippen LogP contribution in [-0.2, 0) is 4.74 Å². The van der Waals surface area contributed by atoms with Crippen LogP contribution in [0.3, 0.4) is 0 Å². The molecule has 0 aliphatic heterocycles. The molecule has 1 N–H and O–H groups in total. The average Bonchev–Trinajstić information content (AvgIpc) is 2.84. The molecule has 1 aromatic carbocycles. The minimum atomic E-state index is -0.356. The molecule has 5 heteroatoms. The molecule has 94 valence electrons. The number of carbonyl (C=O) groups excluding carboxylic acids is 1. The Morgan fingerprint density at radius 2 is 2.06 bits per heavy atom. The zero-order valence-corrected chi connectivity index (χ0v) is 10.2. The predicted molar refractivity (Wildman–Crippen MR) is 65.5 cm³/mol. The molecule has 0 aliphatic carbocycles. The molecule has 0 spiro atoms. The van der Waals surface area contributed by atoms with Gasteiger partial charge in [-0.15, -0.1) is 0 Å². The maximum absolute atomic E-state index is 11.3. The van der Waals surface area contributed by atoms with Crippen LogP contribution < -0.4 is 0 Å². The minimum absolute atomic E-state index is 0.0161. The number of aromatic hydroxyl groups is 1. The molecule has 1 heterocycles. The maximum atomic E-state index is 11.3. The zero-order valence-electron chi connectivity index (χ0n) is 10.2. The van der Waals surface area contributed by atoms with E-state index in [0.29, 0.717) is 5.56 Å². The van der Waals surface area contributed by atoms with Crippen LogP contribution in [0.2, 0.25) is 0 Å². The Labute approximate surface area is 105 Å². The van der Waals surface area contributed by atoms with Gasteiger partial charge in [0.05, 0.1) is 31.1 Å². The van der Waals surface area contributed by atoms with Gasteiger partial charge < -0.3 is 9.84 Å². The summed E-state index contributed by atoms with van der Waals surface area (Å²) in [5.74, 6) is -0.223. The minimum Gasteiger partial charge on any atom is -0.505 e. The van der Waals surface area contributed by atoms with Gasteiger partial charge >= 0.3 is 5.97 Å². The van der Waals surface area contributed by atoms with E-state index in [2.05, 4.69) is 9.84 Å². The summed E-state index contributed by atoms with van der Waals surface area (Å²) in [6, 6.07) is 7.09. The number of hydrogen-bond donors (Lipinski definition) is 1. The molecule has 1 aromatic heterocycles. The van der Waals surface area contributed by atoms with E-state index in [4.69, 9.17) is 0 Å². The summed E-state index contributed by atoms with van der Waals surface area (Å²) in [4.78, 5) is 11.3. The largest absolute Gasteiger partial charge is 0.505 e. The monoisotopic (exact) mass is 246 g/mol. The van der Waals surface area contributed by atoms with Crippen LogP contribution in [0.25, 0.3) is 0 Å². The fraction of sp³-hybridized carbons (Fsp3) is 0.231. The number of ether oxygens (including phenoxy) is 1. The number of methoxy groups -OCH3 is 1. The smallest absolute Gasteiger partial charge is 0.337 e. The number of hydrogen-bond acceptors (Lipinski definition) is 4. The fourth-order valence-corrected chi connectivity index (χ4v) is 1.71. The molecule has 0 saturated carbocycles. The van der Waals surface area contributed by atoms with E-state index in [0.717, 1.165) is 5.56 Å². The Hall–Kier alpha value is -2.30. The van der Waals surface area contributed by atoms with E-state index < -0.39 is 0 Å². The van der Waals surface area contributed by atoms with Gasteiger partial charge in [-0.25, -0.2) is 4.79 Å². The highest BCUT2D eigenvalue weighted by Gasteiger charge is 2.11. The molecular formula is C13H14N2O3. The highest BCUT2D eigenvalue weighted by Crippen LogP contribution is 2.19. The van der Waals surface area contributed by atoms with Crippen LogP contribution in [0.15, 0.2) is 36.7 Å². The van der Waals surface area contributed by atoms with Crippen molar-refractivity contribution in [3.8, 4) is 5.75 Å². The molecule has 1 atom stereocenters. The van der Waals surface area contributed by atoms with Crippen LogP contribution in [0.1, 0.15) is 28.9 Å². The summed E-state index contributed by atoms with van der Waals surface area (Å²) in [6.07, 6.45) is 2.94. The van der Waals surface area contributed by atoms with Crippen LogP contribution in [0.5, 0.6) is 5.75 Å². The molecule has 0 amide bonds. The second kappa shape index (κ2) is 4.91. The number of esters is 1. The molecule has 0 saturated heterocycles. The summed E-state index contributed by atoms with van der Waals surface area (Å²) < 4.78 is 6.29. The lowest BCUT2D eigenvalue weighted by Gasteiger charge is -2.12. The van der Waals surface area contributed by atoms with E-state index in [-0.39, 0.29) is 17.8 Å². The molecule has 2 rings (SSSR count). The molecule has 0 radical (unpaired) electrons. The van der Waals surface area contributed by atoms with Crippen molar-refractivity contribution >= 4 is 5.97 Å². The van der Waals surface area contributed by atoms with Gasteiger partial charge in [0.1, 0.15) is 0 Å². The molecular weight excluding hydrogens is 232 g/mol. The summed E-state index contributed by atoms with van der Waals surface area (Å²) in [7, 11) is 1.35. The Bertz CT molecular complexity index is 546. The number of nitrogens with zero attached hydrogens (tertiary/aromatic N) is 2. The van der Waals surface area contributed by atoms with Crippen molar-refractivity contribution in [2.45, 2.75) is 13.0 Å². The lowest BCUT2D eigenvalue weighted by Crippen LogP contribution is -2.08. The first-order chi connectivity index (χ1) is 8.61. The predicted octanol–water partition coefficient (Wildman–Crippen LogP) is 1.98. The molecule has 5 nitrogen and oxygen atoms in total. The van der Waals surface area contributed by atoms with Crippen molar-refractivity contribution in [1.82, 2.24) is 9.78 Å². The van der Waals surface area contributed by atoms with E-state index in [1.165, 1.54) is 13.3 Å². The topological polar surface area (TPSA) is 64.3 Å². The maximum Gasteiger partial charge on any atom is 0.337 e. The molecule has 18 heavy (non-hydrogen) atoms. The van der Waals surface area contributed by atoms with Gasteiger partial charge in [0, 0.05) is 0 Å². The third kappa shape index (κ3) is 2.34. The molecule has 0 bridgehead atoms. The lowest BCUT2D eigenvalue weighted by molar-refractivity contribution is 0.0600. The SMILES string of the molecule is COC(=O)c1ccc(C(C)n2cc(O)cn2)cc1. The van der Waals surface area contributed by atoms with Crippen LogP contribution in [0, 0.1) is 0 Å². The highest BCUT2D eigenvalue weighted by molar-refractivity contribution is 5.89. The standard InChI is InChI=1S/C13H14N2O3/c1-9(15-8-12(16)7-14-15)10-3-5-11(6-4-10)13(17)18-2/h3-9,16H,1-2H3. The van der Waals surface area contributed by atoms with Crippen molar-refractivity contribution in [2.75, 3.05) is 7.11 Å². The normalized spacial score (nSPS) is 12.1. The molecule has 0 aliphatic rings. The zero-order chi connectivity index (χ0) is 13.1. The summed E-state index contributed by atoms with van der Waals surface area (Å²) in [5, 5.41) is 13.3. The van der Waals surface area contributed by atoms with Crippen LogP contribution in [-0.4, -0.2) is 28.0 Å². The molecule has 0 fully saturated rings. The third-order valence-corrected chi connectivity index (χ3v) is 2.80. The van der Waals surface area contributed by atoms with E-state index >= 15 is 0 Å². The van der Waals surface area contributed by atoms with Gasteiger partial charge in [0.15, 0.2) is 5.75 Å². The fourth-order valence-electron chi connectivity index (χ4n) is 1.71. The lowest BCUT2D eigenvalue weighted by atomic mass is 10.1. The Kier molecular flexibility index (Phi) is 3.32. The third-order valence-electron chi connectivity index (χ3n) is 2.80. The van der Waals surface area contributed by atoms with Gasteiger partial charge in [-0.1, -0.05) is 12.1 Å². The number of aromatic nitrogens is 2. The van der Waals surface area contributed by atoms with E-state index in [1.54, 1.807) is 23.0 Å². The Morgan fingerprint density at radius 3 is 2.56 bits per heavy atom. The van der Waals surface area contributed by atoms with Crippen molar-refractivity contribution in [1.29, 1.82) is 0 Å². The first kappa shape index (κ1) is 12.2. The van der Waals surface area contributed by atoms with Crippen molar-refractivity contribution in [2.24, 2.45) is 0 Å². The molecule has 2 aromatic rings. The summed E-state index contributed by atoms with van der Waals surface area (Å²) in [6.45, 7) is 1.96. The Balaban J connectivity index is 2.21. The first-order valence-corrected chi connectivity index (χ1v) is 5.53. The number of benzene rings is 1. The summed E-state index contributed by atoms with van der Waals surface area (Å²) in [5.41, 5.74) is 1.50. The van der Waals surface area contributed by atoms with Crippen molar-refractivity contribution in [3.05, 3.63) is 47.8 Å². The highest BCUT2D eigenvalue weighted by atomic mass is 16.5. The summed E-state index contributed by atoms with van der Waals surface area (Å²) >= 11 is 0. The average molecular weight is 246 g/mol. The second-order valence-electron chi connectivity index (χ2n) is 3.97. The van der Waals surface area contributed by atoms with Crippen molar-refractivity contribution in [3.63, 3.8) is 0 Å². The van der Waals surface area contributed by atoms with Gasteiger partial charge in [-0.3, -0.25) is 4.68 Å². The van der Waals surface area contributed by atoms with E-state index in [9.17, 15) is 9.90 Å². The molecule has 1 unspecified atom stereocenters. The second-order valence-corrected chi connectivity index (χ2v) is 3.97. The van der Waals surface area contributed by atoms with Crippen LogP contribution >= 0.6 is 0 Å². The number of rotatable bonds is 3. The number of carbonyl (C=O) groups is 1. The van der Waals surface area contributed by atoms with Gasteiger partial charge in [-0.2, -0.15) is 5.10 Å². The van der Waals surface area contributed by atoms with Crippen LogP contribution in [0.4, 0.5) is 0 Å².